The third kappa shape index (κ3) is 3.31. The Hall–Kier alpha value is -0.570. The van der Waals surface area contributed by atoms with Gasteiger partial charge < -0.3 is 0 Å². The number of hydrazine groups is 1. The zero-order valence-electron chi connectivity index (χ0n) is 12.0. The first kappa shape index (κ1) is 14.8. The zero-order chi connectivity index (χ0) is 13.9. The molecule has 3 N–H and O–H groups in total. The van der Waals surface area contributed by atoms with Crippen molar-refractivity contribution in [2.45, 2.75) is 52.0 Å². The van der Waals surface area contributed by atoms with Crippen LogP contribution in [0, 0.1) is 11.3 Å². The van der Waals surface area contributed by atoms with Crippen molar-refractivity contribution in [1.82, 2.24) is 5.43 Å². The molecule has 0 radical (unpaired) electrons. The van der Waals surface area contributed by atoms with E-state index in [4.69, 9.17) is 17.4 Å². The van der Waals surface area contributed by atoms with Crippen molar-refractivity contribution in [2.75, 3.05) is 0 Å². The smallest absolute Gasteiger partial charge is 0.0516 e. The summed E-state index contributed by atoms with van der Waals surface area (Å²) in [6.45, 7) is 4.59. The first-order chi connectivity index (χ1) is 9.07. The Balaban J connectivity index is 2.32. The highest BCUT2D eigenvalue weighted by Gasteiger charge is 2.41. The van der Waals surface area contributed by atoms with Gasteiger partial charge >= 0.3 is 0 Å². The van der Waals surface area contributed by atoms with E-state index in [0.29, 0.717) is 5.92 Å². The Labute approximate surface area is 121 Å². The fourth-order valence-corrected chi connectivity index (χ4v) is 4.01. The average Bonchev–Trinajstić information content (AvgIpc) is 2.78. The lowest BCUT2D eigenvalue weighted by molar-refractivity contribution is 0.156. The maximum Gasteiger partial charge on any atom is 0.0516 e. The predicted octanol–water partition coefficient (Wildman–Crippen LogP) is 4.45. The quantitative estimate of drug-likeness (QED) is 0.618. The molecule has 1 aromatic rings. The summed E-state index contributed by atoms with van der Waals surface area (Å²) in [7, 11) is 0. The summed E-state index contributed by atoms with van der Waals surface area (Å²) in [4.78, 5) is 0. The normalized spacial score (nSPS) is 19.8. The van der Waals surface area contributed by atoms with E-state index in [1.807, 2.05) is 18.2 Å². The molecule has 1 aromatic carbocycles. The molecule has 1 aliphatic rings. The SMILES string of the molecule is CC(C)CC1(C(NN)c2cccc(Cl)c2)CCCC1. The third-order valence-corrected chi connectivity index (χ3v) is 4.61. The molecule has 1 unspecified atom stereocenters. The number of hydrogen-bond acceptors (Lipinski definition) is 2. The van der Waals surface area contributed by atoms with Crippen LogP contribution in [0.25, 0.3) is 0 Å². The second-order valence-corrected chi connectivity index (χ2v) is 6.76. The lowest BCUT2D eigenvalue weighted by atomic mass is 9.70. The summed E-state index contributed by atoms with van der Waals surface area (Å²) in [5.41, 5.74) is 4.58. The van der Waals surface area contributed by atoms with Crippen molar-refractivity contribution in [3.05, 3.63) is 34.9 Å². The predicted molar refractivity (Wildman–Crippen MR) is 81.9 cm³/mol. The molecule has 0 aromatic heterocycles. The van der Waals surface area contributed by atoms with Gasteiger partial charge in [0.25, 0.3) is 0 Å². The fourth-order valence-electron chi connectivity index (χ4n) is 3.82. The van der Waals surface area contributed by atoms with Gasteiger partial charge in [0.2, 0.25) is 0 Å². The first-order valence-electron chi connectivity index (χ1n) is 7.29. The van der Waals surface area contributed by atoms with E-state index in [2.05, 4.69) is 25.3 Å². The Kier molecular flexibility index (Phi) is 4.88. The van der Waals surface area contributed by atoms with Crippen LogP contribution in [0.5, 0.6) is 0 Å². The van der Waals surface area contributed by atoms with Crippen LogP contribution in [-0.4, -0.2) is 0 Å². The maximum absolute atomic E-state index is 6.14. The van der Waals surface area contributed by atoms with Crippen LogP contribution in [0.4, 0.5) is 0 Å². The molecule has 2 rings (SSSR count). The summed E-state index contributed by atoms with van der Waals surface area (Å²) in [6.07, 6.45) is 6.35. The van der Waals surface area contributed by atoms with Gasteiger partial charge in [-0.3, -0.25) is 11.3 Å². The second-order valence-electron chi connectivity index (χ2n) is 6.32. The van der Waals surface area contributed by atoms with Gasteiger partial charge in [-0.1, -0.05) is 50.4 Å². The topological polar surface area (TPSA) is 38.0 Å². The van der Waals surface area contributed by atoms with Crippen LogP contribution >= 0.6 is 11.6 Å². The molecule has 0 spiro atoms. The number of rotatable bonds is 5. The molecule has 1 saturated carbocycles. The van der Waals surface area contributed by atoms with E-state index < -0.39 is 0 Å². The molecular formula is C16H25ClN2. The minimum atomic E-state index is 0.205. The zero-order valence-corrected chi connectivity index (χ0v) is 12.7. The van der Waals surface area contributed by atoms with Gasteiger partial charge in [0.05, 0.1) is 6.04 Å². The molecule has 3 heteroatoms. The van der Waals surface area contributed by atoms with Crippen LogP contribution in [0.3, 0.4) is 0 Å². The molecule has 0 heterocycles. The van der Waals surface area contributed by atoms with E-state index in [9.17, 15) is 0 Å². The molecule has 106 valence electrons. The van der Waals surface area contributed by atoms with Gasteiger partial charge in [0.15, 0.2) is 0 Å². The minimum absolute atomic E-state index is 0.205. The highest BCUT2D eigenvalue weighted by Crippen LogP contribution is 2.51. The lowest BCUT2D eigenvalue weighted by Gasteiger charge is -2.39. The minimum Gasteiger partial charge on any atom is -0.271 e. The molecule has 1 aliphatic carbocycles. The van der Waals surface area contributed by atoms with Crippen LogP contribution in [-0.2, 0) is 0 Å². The van der Waals surface area contributed by atoms with Crippen molar-refractivity contribution < 1.29 is 0 Å². The monoisotopic (exact) mass is 280 g/mol. The third-order valence-electron chi connectivity index (χ3n) is 4.38. The van der Waals surface area contributed by atoms with E-state index in [0.717, 1.165) is 5.02 Å². The van der Waals surface area contributed by atoms with Gasteiger partial charge in [0, 0.05) is 5.02 Å². The Bertz CT molecular complexity index is 411. The summed E-state index contributed by atoms with van der Waals surface area (Å²) in [6, 6.07) is 8.32. The summed E-state index contributed by atoms with van der Waals surface area (Å²) in [5, 5.41) is 0.787. The number of hydrogen-bond donors (Lipinski definition) is 2. The van der Waals surface area contributed by atoms with Crippen molar-refractivity contribution in [3.63, 3.8) is 0 Å². The van der Waals surface area contributed by atoms with Crippen molar-refractivity contribution in [2.24, 2.45) is 17.2 Å². The maximum atomic E-state index is 6.14. The van der Waals surface area contributed by atoms with Gasteiger partial charge in [-0.2, -0.15) is 0 Å². The Morgan fingerprint density at radius 2 is 2.00 bits per heavy atom. The van der Waals surface area contributed by atoms with Crippen molar-refractivity contribution in [3.8, 4) is 0 Å². The summed E-state index contributed by atoms with van der Waals surface area (Å²) < 4.78 is 0. The summed E-state index contributed by atoms with van der Waals surface area (Å²) >= 11 is 6.14. The van der Waals surface area contributed by atoms with E-state index in [-0.39, 0.29) is 11.5 Å². The molecule has 1 fully saturated rings. The molecule has 0 aliphatic heterocycles. The molecular weight excluding hydrogens is 256 g/mol. The molecule has 0 bridgehead atoms. The molecule has 1 atom stereocenters. The Morgan fingerprint density at radius 3 is 2.53 bits per heavy atom. The van der Waals surface area contributed by atoms with Crippen molar-refractivity contribution >= 4 is 11.6 Å². The van der Waals surface area contributed by atoms with Gasteiger partial charge in [-0.05, 0) is 48.3 Å². The van der Waals surface area contributed by atoms with Gasteiger partial charge in [0.1, 0.15) is 0 Å². The highest BCUT2D eigenvalue weighted by atomic mass is 35.5. The number of benzene rings is 1. The van der Waals surface area contributed by atoms with Gasteiger partial charge in [-0.15, -0.1) is 0 Å². The van der Waals surface area contributed by atoms with E-state index in [1.165, 1.54) is 37.7 Å². The van der Waals surface area contributed by atoms with Crippen LogP contribution < -0.4 is 11.3 Å². The van der Waals surface area contributed by atoms with E-state index in [1.54, 1.807) is 0 Å². The summed E-state index contributed by atoms with van der Waals surface area (Å²) in [5.74, 6) is 6.59. The highest BCUT2D eigenvalue weighted by molar-refractivity contribution is 6.30. The first-order valence-corrected chi connectivity index (χ1v) is 7.67. The number of nitrogens with two attached hydrogens (primary N) is 1. The van der Waals surface area contributed by atoms with Gasteiger partial charge in [-0.25, -0.2) is 0 Å². The number of halogens is 1. The molecule has 0 amide bonds. The Morgan fingerprint density at radius 1 is 1.32 bits per heavy atom. The molecule has 19 heavy (non-hydrogen) atoms. The second kappa shape index (κ2) is 6.25. The van der Waals surface area contributed by atoms with Crippen molar-refractivity contribution in [1.29, 1.82) is 0 Å². The van der Waals surface area contributed by atoms with Crippen LogP contribution in [0.1, 0.15) is 57.6 Å². The number of nitrogens with one attached hydrogen (secondary N) is 1. The largest absolute Gasteiger partial charge is 0.271 e. The fraction of sp³-hybridized carbons (Fsp3) is 0.625. The van der Waals surface area contributed by atoms with E-state index >= 15 is 0 Å². The standard InChI is InChI=1S/C16H25ClN2/c1-12(2)11-16(8-3-4-9-16)15(19-18)13-6-5-7-14(17)10-13/h5-7,10,12,15,19H,3-4,8-9,11,18H2,1-2H3. The molecule has 0 saturated heterocycles. The molecule has 2 nitrogen and oxygen atoms in total. The lowest BCUT2D eigenvalue weighted by Crippen LogP contribution is -2.41. The van der Waals surface area contributed by atoms with Crippen LogP contribution in [0.15, 0.2) is 24.3 Å². The average molecular weight is 281 g/mol. The van der Waals surface area contributed by atoms with Crippen LogP contribution in [0.2, 0.25) is 5.02 Å².